The number of amides is 2. The summed E-state index contributed by atoms with van der Waals surface area (Å²) in [4.78, 5) is 29.5. The molecule has 1 aromatic heterocycles. The number of nitrogens with zero attached hydrogens (tertiary/aromatic N) is 2. The summed E-state index contributed by atoms with van der Waals surface area (Å²) in [5, 5.41) is 5.16. The van der Waals surface area contributed by atoms with Gasteiger partial charge < -0.3 is 15.4 Å². The molecule has 11 heteroatoms. The molecular formula is C24H23FN4O5S. The van der Waals surface area contributed by atoms with E-state index in [1.807, 2.05) is 0 Å². The topological polar surface area (TPSA) is 118 Å². The number of morpholine rings is 1. The van der Waals surface area contributed by atoms with Crippen LogP contribution in [0.25, 0.3) is 0 Å². The molecule has 1 fully saturated rings. The van der Waals surface area contributed by atoms with Crippen molar-refractivity contribution in [1.29, 1.82) is 0 Å². The predicted molar refractivity (Wildman–Crippen MR) is 127 cm³/mol. The van der Waals surface area contributed by atoms with Crippen molar-refractivity contribution in [2.45, 2.75) is 11.8 Å². The number of rotatable bonds is 6. The number of aromatic nitrogens is 1. The van der Waals surface area contributed by atoms with Crippen molar-refractivity contribution < 1.29 is 27.1 Å². The lowest BCUT2D eigenvalue weighted by atomic mass is 10.1. The highest BCUT2D eigenvalue weighted by molar-refractivity contribution is 7.89. The van der Waals surface area contributed by atoms with E-state index in [-0.39, 0.29) is 40.6 Å². The molecule has 1 aliphatic rings. The van der Waals surface area contributed by atoms with Crippen LogP contribution in [0.15, 0.2) is 65.7 Å². The fraction of sp³-hybridized carbons (Fsp3) is 0.208. The van der Waals surface area contributed by atoms with Crippen molar-refractivity contribution in [3.63, 3.8) is 0 Å². The molecule has 2 aromatic carbocycles. The Balaban J connectivity index is 1.59. The molecule has 2 heterocycles. The highest BCUT2D eigenvalue weighted by Gasteiger charge is 2.28. The zero-order chi connectivity index (χ0) is 25.0. The van der Waals surface area contributed by atoms with E-state index in [2.05, 4.69) is 15.6 Å². The van der Waals surface area contributed by atoms with Crippen molar-refractivity contribution >= 4 is 33.2 Å². The van der Waals surface area contributed by atoms with Gasteiger partial charge in [0.05, 0.1) is 29.5 Å². The molecule has 9 nitrogen and oxygen atoms in total. The smallest absolute Gasteiger partial charge is 0.274 e. The molecule has 0 spiro atoms. The van der Waals surface area contributed by atoms with E-state index >= 15 is 0 Å². The first-order chi connectivity index (χ1) is 16.8. The summed E-state index contributed by atoms with van der Waals surface area (Å²) in [6.07, 6.45) is 1.46. The van der Waals surface area contributed by atoms with Crippen LogP contribution in [0.3, 0.4) is 0 Å². The van der Waals surface area contributed by atoms with Crippen LogP contribution >= 0.6 is 0 Å². The number of hydrogen-bond acceptors (Lipinski definition) is 6. The number of sulfonamides is 1. The van der Waals surface area contributed by atoms with Crippen LogP contribution in [-0.2, 0) is 14.8 Å². The third-order valence-corrected chi connectivity index (χ3v) is 7.45. The molecule has 0 atom stereocenters. The minimum Gasteiger partial charge on any atom is -0.379 e. The Morgan fingerprint density at radius 1 is 0.971 bits per heavy atom. The number of pyridine rings is 1. The molecule has 4 rings (SSSR count). The van der Waals surface area contributed by atoms with Gasteiger partial charge in [-0.2, -0.15) is 4.31 Å². The van der Waals surface area contributed by atoms with Gasteiger partial charge in [-0.05, 0) is 55.0 Å². The largest absolute Gasteiger partial charge is 0.379 e. The number of aryl methyl sites for hydroxylation is 1. The fourth-order valence-corrected chi connectivity index (χ4v) is 5.21. The molecule has 1 aliphatic heterocycles. The lowest BCUT2D eigenvalue weighted by Gasteiger charge is -2.26. The summed E-state index contributed by atoms with van der Waals surface area (Å²) in [5.41, 5.74) is 0.863. The van der Waals surface area contributed by atoms with E-state index in [0.29, 0.717) is 18.8 Å². The molecular weight excluding hydrogens is 475 g/mol. The number of carbonyl (C=O) groups excluding carboxylic acids is 2. The second kappa shape index (κ2) is 10.3. The minimum atomic E-state index is -3.83. The standard InChI is InChI=1S/C24H23FN4O5S/c1-16-5-6-17(14-22(16)35(32,33)29-10-12-34-13-11-29)23(30)28-21-15-18(25)7-8-19(21)27-24(31)20-4-2-3-9-26-20/h2-9,14-15H,10-13H2,1H3,(H,27,31)(H,28,30). The number of nitrogens with one attached hydrogen (secondary N) is 2. The quantitative estimate of drug-likeness (QED) is 0.540. The molecule has 2 N–H and O–H groups in total. The van der Waals surface area contributed by atoms with Crippen LogP contribution in [0, 0.1) is 12.7 Å². The first-order valence-electron chi connectivity index (χ1n) is 10.8. The Kier molecular flexibility index (Phi) is 7.20. The average molecular weight is 499 g/mol. The van der Waals surface area contributed by atoms with Crippen LogP contribution in [0.1, 0.15) is 26.4 Å². The van der Waals surface area contributed by atoms with Gasteiger partial charge in [-0.25, -0.2) is 12.8 Å². The normalized spacial score (nSPS) is 14.3. The zero-order valence-corrected chi connectivity index (χ0v) is 19.6. The number of carbonyl (C=O) groups is 2. The van der Waals surface area contributed by atoms with Gasteiger partial charge in [-0.3, -0.25) is 14.6 Å². The highest BCUT2D eigenvalue weighted by Crippen LogP contribution is 2.26. The molecule has 35 heavy (non-hydrogen) atoms. The van der Waals surface area contributed by atoms with E-state index in [0.717, 1.165) is 12.1 Å². The molecule has 2 amide bonds. The Labute approximate surface area is 202 Å². The van der Waals surface area contributed by atoms with Gasteiger partial charge in [0, 0.05) is 24.8 Å². The fourth-order valence-electron chi connectivity index (χ4n) is 3.55. The van der Waals surface area contributed by atoms with Crippen molar-refractivity contribution in [2.75, 3.05) is 36.9 Å². The SMILES string of the molecule is Cc1ccc(C(=O)Nc2cc(F)ccc2NC(=O)c2ccccn2)cc1S(=O)(=O)N1CCOCC1. The predicted octanol–water partition coefficient (Wildman–Crippen LogP) is 3.05. The first kappa shape index (κ1) is 24.5. The minimum absolute atomic E-state index is 0.00923. The highest BCUT2D eigenvalue weighted by atomic mass is 32.2. The van der Waals surface area contributed by atoms with Gasteiger partial charge in [-0.1, -0.05) is 12.1 Å². The maximum Gasteiger partial charge on any atom is 0.274 e. The van der Waals surface area contributed by atoms with Crippen molar-refractivity contribution in [3.8, 4) is 0 Å². The van der Waals surface area contributed by atoms with E-state index in [1.54, 1.807) is 19.1 Å². The van der Waals surface area contributed by atoms with E-state index in [1.165, 1.54) is 40.8 Å². The maximum absolute atomic E-state index is 14.0. The zero-order valence-electron chi connectivity index (χ0n) is 18.8. The molecule has 0 radical (unpaired) electrons. The lowest BCUT2D eigenvalue weighted by molar-refractivity contribution is 0.0730. The summed E-state index contributed by atoms with van der Waals surface area (Å²) in [5.74, 6) is -1.83. The van der Waals surface area contributed by atoms with Crippen LogP contribution < -0.4 is 10.6 Å². The number of hydrogen-bond donors (Lipinski definition) is 2. The van der Waals surface area contributed by atoms with Gasteiger partial charge in [0.15, 0.2) is 0 Å². The second-order valence-corrected chi connectivity index (χ2v) is 9.72. The first-order valence-corrected chi connectivity index (χ1v) is 12.2. The van der Waals surface area contributed by atoms with Crippen LogP contribution in [0.2, 0.25) is 0 Å². The van der Waals surface area contributed by atoms with Gasteiger partial charge in [0.25, 0.3) is 11.8 Å². The number of anilines is 2. The van der Waals surface area contributed by atoms with Crippen molar-refractivity contribution in [1.82, 2.24) is 9.29 Å². The molecule has 1 saturated heterocycles. The van der Waals surface area contributed by atoms with E-state index < -0.39 is 27.7 Å². The lowest BCUT2D eigenvalue weighted by Crippen LogP contribution is -2.40. The van der Waals surface area contributed by atoms with Gasteiger partial charge in [0.2, 0.25) is 10.0 Å². The number of halogens is 1. The van der Waals surface area contributed by atoms with Crippen LogP contribution in [-0.4, -0.2) is 55.8 Å². The summed E-state index contributed by atoms with van der Waals surface area (Å²) in [6.45, 7) is 2.69. The van der Waals surface area contributed by atoms with Gasteiger partial charge in [0.1, 0.15) is 11.5 Å². The van der Waals surface area contributed by atoms with Gasteiger partial charge in [-0.15, -0.1) is 0 Å². The number of ether oxygens (including phenoxy) is 1. The molecule has 182 valence electrons. The van der Waals surface area contributed by atoms with E-state index in [4.69, 9.17) is 4.74 Å². The summed E-state index contributed by atoms with van der Waals surface area (Å²) >= 11 is 0. The Morgan fingerprint density at radius 3 is 2.43 bits per heavy atom. The average Bonchev–Trinajstić information content (AvgIpc) is 2.86. The Morgan fingerprint density at radius 2 is 1.71 bits per heavy atom. The molecule has 0 saturated carbocycles. The third-order valence-electron chi connectivity index (χ3n) is 5.41. The van der Waals surface area contributed by atoms with E-state index in [9.17, 15) is 22.4 Å². The monoisotopic (exact) mass is 498 g/mol. The van der Waals surface area contributed by atoms with Crippen molar-refractivity contribution in [2.24, 2.45) is 0 Å². The summed E-state index contributed by atoms with van der Waals surface area (Å²) < 4.78 is 46.8. The summed E-state index contributed by atoms with van der Waals surface area (Å²) in [7, 11) is -3.83. The Hall–Kier alpha value is -3.67. The molecule has 0 unspecified atom stereocenters. The van der Waals surface area contributed by atoms with Crippen LogP contribution in [0.4, 0.5) is 15.8 Å². The van der Waals surface area contributed by atoms with Crippen LogP contribution in [0.5, 0.6) is 0 Å². The van der Waals surface area contributed by atoms with Gasteiger partial charge >= 0.3 is 0 Å². The summed E-state index contributed by atoms with van der Waals surface area (Å²) in [6, 6.07) is 12.7. The van der Waals surface area contributed by atoms with Crippen molar-refractivity contribution in [3.05, 3.63) is 83.4 Å². The second-order valence-electron chi connectivity index (χ2n) is 7.81. The molecule has 0 bridgehead atoms. The molecule has 3 aromatic rings. The Bertz CT molecular complexity index is 1360. The molecule has 0 aliphatic carbocycles. The third kappa shape index (κ3) is 5.53. The maximum atomic E-state index is 14.0. The number of benzene rings is 2.